The van der Waals surface area contributed by atoms with Gasteiger partial charge < -0.3 is 9.72 Å². The van der Waals surface area contributed by atoms with Crippen LogP contribution in [0.3, 0.4) is 0 Å². The highest BCUT2D eigenvalue weighted by molar-refractivity contribution is 7.20. The number of hydrogen-bond donors (Lipinski definition) is 1. The van der Waals surface area contributed by atoms with E-state index in [1.165, 1.54) is 16.9 Å². The fourth-order valence-electron chi connectivity index (χ4n) is 2.76. The van der Waals surface area contributed by atoms with Crippen molar-refractivity contribution in [2.45, 2.75) is 46.6 Å². The second kappa shape index (κ2) is 6.68. The Morgan fingerprint density at radius 3 is 2.46 bits per heavy atom. The second-order valence-electron chi connectivity index (χ2n) is 7.41. The third-order valence-electron chi connectivity index (χ3n) is 4.29. The molecule has 3 rings (SSSR count). The summed E-state index contributed by atoms with van der Waals surface area (Å²) in [5.41, 5.74) is 2.64. The first-order valence-corrected chi connectivity index (χ1v) is 9.25. The summed E-state index contributed by atoms with van der Waals surface area (Å²) < 4.78 is 5.45. The van der Waals surface area contributed by atoms with Crippen LogP contribution in [0.15, 0.2) is 29.1 Å². The number of carbonyl (C=O) groups excluding carboxylic acids is 1. The van der Waals surface area contributed by atoms with Gasteiger partial charge in [0.05, 0.1) is 5.39 Å². The van der Waals surface area contributed by atoms with Gasteiger partial charge in [-0.15, -0.1) is 11.3 Å². The van der Waals surface area contributed by atoms with Crippen LogP contribution in [0.25, 0.3) is 10.2 Å². The molecule has 1 aromatic carbocycles. The van der Waals surface area contributed by atoms with E-state index >= 15 is 0 Å². The SMILES string of the molecule is Cc1nc2sc(C(=O)OCc3ccc(C(C)(C)C)cc3)c(C)c2c(=O)[nH]1. The molecule has 26 heavy (non-hydrogen) atoms. The Morgan fingerprint density at radius 2 is 1.85 bits per heavy atom. The van der Waals surface area contributed by atoms with Crippen LogP contribution in [-0.2, 0) is 16.8 Å². The number of carbonyl (C=O) groups is 1. The lowest BCUT2D eigenvalue weighted by molar-refractivity contribution is 0.0478. The van der Waals surface area contributed by atoms with Crippen LogP contribution in [0.2, 0.25) is 0 Å². The Hall–Kier alpha value is -2.47. The van der Waals surface area contributed by atoms with E-state index in [1.54, 1.807) is 13.8 Å². The predicted octanol–water partition coefficient (Wildman–Crippen LogP) is 4.26. The summed E-state index contributed by atoms with van der Waals surface area (Å²) >= 11 is 1.20. The second-order valence-corrected chi connectivity index (χ2v) is 8.41. The van der Waals surface area contributed by atoms with E-state index in [0.29, 0.717) is 26.5 Å². The molecule has 0 aliphatic heterocycles. The van der Waals surface area contributed by atoms with Crippen molar-refractivity contribution in [1.29, 1.82) is 0 Å². The van der Waals surface area contributed by atoms with Gasteiger partial charge in [-0.3, -0.25) is 4.79 Å². The van der Waals surface area contributed by atoms with Crippen molar-refractivity contribution in [2.75, 3.05) is 0 Å². The number of thiophene rings is 1. The number of nitrogens with zero attached hydrogens (tertiary/aromatic N) is 1. The third kappa shape index (κ3) is 3.55. The molecule has 136 valence electrons. The van der Waals surface area contributed by atoms with E-state index in [4.69, 9.17) is 4.74 Å². The van der Waals surface area contributed by atoms with Gasteiger partial charge in [0.15, 0.2) is 0 Å². The Kier molecular flexibility index (Phi) is 4.71. The summed E-state index contributed by atoms with van der Waals surface area (Å²) in [6.45, 7) is 10.1. The van der Waals surface area contributed by atoms with Crippen molar-refractivity contribution in [3.63, 3.8) is 0 Å². The number of esters is 1. The van der Waals surface area contributed by atoms with Gasteiger partial charge in [-0.05, 0) is 36.0 Å². The lowest BCUT2D eigenvalue weighted by Gasteiger charge is -2.19. The quantitative estimate of drug-likeness (QED) is 0.700. The van der Waals surface area contributed by atoms with E-state index in [1.807, 2.05) is 12.1 Å². The minimum atomic E-state index is -0.428. The van der Waals surface area contributed by atoms with Crippen molar-refractivity contribution in [3.05, 3.63) is 62.0 Å². The summed E-state index contributed by atoms with van der Waals surface area (Å²) in [7, 11) is 0. The first-order chi connectivity index (χ1) is 12.2. The van der Waals surface area contributed by atoms with Crippen molar-refractivity contribution in [2.24, 2.45) is 0 Å². The number of benzene rings is 1. The largest absolute Gasteiger partial charge is 0.457 e. The van der Waals surface area contributed by atoms with Crippen LogP contribution in [-0.4, -0.2) is 15.9 Å². The van der Waals surface area contributed by atoms with Crippen LogP contribution in [0.1, 0.15) is 53.0 Å². The van der Waals surface area contributed by atoms with Crippen molar-refractivity contribution >= 4 is 27.5 Å². The first kappa shape index (κ1) is 18.3. The molecule has 0 unspecified atom stereocenters. The fourth-order valence-corrected chi connectivity index (χ4v) is 3.88. The fraction of sp³-hybridized carbons (Fsp3) is 0.350. The predicted molar refractivity (Wildman–Crippen MR) is 104 cm³/mol. The van der Waals surface area contributed by atoms with Crippen LogP contribution in [0, 0.1) is 13.8 Å². The van der Waals surface area contributed by atoms with Gasteiger partial charge in [-0.2, -0.15) is 0 Å². The molecule has 0 bridgehead atoms. The van der Waals surface area contributed by atoms with Gasteiger partial charge in [0.2, 0.25) is 0 Å². The van der Waals surface area contributed by atoms with Crippen LogP contribution in [0.4, 0.5) is 0 Å². The average Bonchev–Trinajstić information content (AvgIpc) is 2.89. The molecule has 2 heterocycles. The maximum atomic E-state index is 12.5. The highest BCUT2D eigenvalue weighted by Gasteiger charge is 2.20. The number of aromatic nitrogens is 2. The molecule has 1 N–H and O–H groups in total. The van der Waals surface area contributed by atoms with Gasteiger partial charge in [-0.25, -0.2) is 9.78 Å². The Morgan fingerprint density at radius 1 is 1.19 bits per heavy atom. The van der Waals surface area contributed by atoms with E-state index in [2.05, 4.69) is 42.9 Å². The number of fused-ring (bicyclic) bond motifs is 1. The van der Waals surface area contributed by atoms with Crippen LogP contribution >= 0.6 is 11.3 Å². The molecule has 0 amide bonds. The lowest BCUT2D eigenvalue weighted by Crippen LogP contribution is -2.11. The number of aromatic amines is 1. The minimum Gasteiger partial charge on any atom is -0.457 e. The molecule has 0 saturated heterocycles. The number of H-pyrrole nitrogens is 1. The monoisotopic (exact) mass is 370 g/mol. The summed E-state index contributed by atoms with van der Waals surface area (Å²) in [6, 6.07) is 8.06. The standard InChI is InChI=1S/C20H22N2O3S/c1-11-15-17(23)21-12(2)22-18(15)26-16(11)19(24)25-10-13-6-8-14(9-7-13)20(3,4)5/h6-9H,10H2,1-5H3,(H,21,22,23). The van der Waals surface area contributed by atoms with Crippen LogP contribution < -0.4 is 5.56 Å². The molecule has 6 heteroatoms. The molecular formula is C20H22N2O3S. The highest BCUT2D eigenvalue weighted by atomic mass is 32.1. The molecule has 0 atom stereocenters. The van der Waals surface area contributed by atoms with Gasteiger partial charge in [0, 0.05) is 0 Å². The third-order valence-corrected chi connectivity index (χ3v) is 5.46. The molecule has 0 saturated carbocycles. The molecule has 3 aromatic rings. The zero-order chi connectivity index (χ0) is 19.1. The zero-order valence-electron chi connectivity index (χ0n) is 15.6. The molecule has 0 fully saturated rings. The number of rotatable bonds is 3. The minimum absolute atomic E-state index is 0.0849. The first-order valence-electron chi connectivity index (χ1n) is 8.43. The van der Waals surface area contributed by atoms with Crippen molar-refractivity contribution < 1.29 is 9.53 Å². The lowest BCUT2D eigenvalue weighted by atomic mass is 9.87. The summed E-state index contributed by atoms with van der Waals surface area (Å²) in [6.07, 6.45) is 0. The Bertz CT molecular complexity index is 1020. The number of ether oxygens (including phenoxy) is 1. The van der Waals surface area contributed by atoms with Crippen LogP contribution in [0.5, 0.6) is 0 Å². The average molecular weight is 370 g/mol. The molecular weight excluding hydrogens is 348 g/mol. The normalized spacial score (nSPS) is 11.7. The molecule has 0 aliphatic rings. The molecule has 2 aromatic heterocycles. The summed E-state index contributed by atoms with van der Waals surface area (Å²) in [4.78, 5) is 32.5. The number of hydrogen-bond acceptors (Lipinski definition) is 5. The van der Waals surface area contributed by atoms with Crippen molar-refractivity contribution in [1.82, 2.24) is 9.97 Å². The molecule has 5 nitrogen and oxygen atoms in total. The maximum absolute atomic E-state index is 12.5. The summed E-state index contributed by atoms with van der Waals surface area (Å²) in [5.74, 6) is 0.102. The summed E-state index contributed by atoms with van der Waals surface area (Å²) in [5, 5.41) is 0.460. The zero-order valence-corrected chi connectivity index (χ0v) is 16.4. The van der Waals surface area contributed by atoms with Gasteiger partial charge in [0.25, 0.3) is 5.56 Å². The van der Waals surface area contributed by atoms with Gasteiger partial charge >= 0.3 is 5.97 Å². The van der Waals surface area contributed by atoms with Crippen molar-refractivity contribution in [3.8, 4) is 0 Å². The number of nitrogens with one attached hydrogen (secondary N) is 1. The van der Waals surface area contributed by atoms with Gasteiger partial charge in [-0.1, -0.05) is 45.0 Å². The Labute approximate surface area is 156 Å². The Balaban J connectivity index is 1.79. The topological polar surface area (TPSA) is 72.0 Å². The van der Waals surface area contributed by atoms with Gasteiger partial charge in [0.1, 0.15) is 22.1 Å². The highest BCUT2D eigenvalue weighted by Crippen LogP contribution is 2.28. The van der Waals surface area contributed by atoms with E-state index < -0.39 is 5.97 Å². The van der Waals surface area contributed by atoms with E-state index in [-0.39, 0.29) is 17.6 Å². The maximum Gasteiger partial charge on any atom is 0.349 e. The number of aryl methyl sites for hydroxylation is 2. The molecule has 0 spiro atoms. The smallest absolute Gasteiger partial charge is 0.349 e. The molecule has 0 radical (unpaired) electrons. The molecule has 0 aliphatic carbocycles. The van der Waals surface area contributed by atoms with E-state index in [0.717, 1.165) is 5.56 Å². The van der Waals surface area contributed by atoms with E-state index in [9.17, 15) is 9.59 Å².